The van der Waals surface area contributed by atoms with Gasteiger partial charge in [0, 0.05) is 4.88 Å². The van der Waals surface area contributed by atoms with Crippen LogP contribution in [0.1, 0.15) is 42.9 Å². The molecule has 1 amide bonds. The van der Waals surface area contributed by atoms with Crippen molar-refractivity contribution in [3.05, 3.63) is 40.1 Å². The molecule has 0 bridgehead atoms. The summed E-state index contributed by atoms with van der Waals surface area (Å²) in [6.07, 6.45) is -0.944. The third-order valence-electron chi connectivity index (χ3n) is 3.81. The highest BCUT2D eigenvalue weighted by atomic mass is 32.1. The van der Waals surface area contributed by atoms with Gasteiger partial charge in [0.15, 0.2) is 17.6 Å². The van der Waals surface area contributed by atoms with Gasteiger partial charge in [-0.05, 0) is 51.3 Å². The molecular weight excluding hydrogens is 394 g/mol. The molecule has 1 aromatic carbocycles. The largest absolute Gasteiger partial charge is 0.490 e. The summed E-state index contributed by atoms with van der Waals surface area (Å²) in [6, 6.07) is 6.91. The summed E-state index contributed by atoms with van der Waals surface area (Å²) >= 11 is 1.54. The number of nitrogens with one attached hydrogen (secondary N) is 1. The zero-order valence-corrected chi connectivity index (χ0v) is 18.0. The number of amides is 1. The van der Waals surface area contributed by atoms with Crippen molar-refractivity contribution in [2.75, 3.05) is 19.8 Å². The van der Waals surface area contributed by atoms with E-state index in [-0.39, 0.29) is 11.5 Å². The second-order valence-corrected chi connectivity index (χ2v) is 6.98. The van der Waals surface area contributed by atoms with E-state index in [0.717, 1.165) is 4.88 Å². The minimum atomic E-state index is -0.944. The summed E-state index contributed by atoms with van der Waals surface area (Å²) in [7, 11) is 0. The molecule has 1 aromatic heterocycles. The smallest absolute Gasteiger partial charge is 0.339 e. The fraction of sp³-hybridized carbons (Fsp3) is 0.429. The average molecular weight is 422 g/mol. The summed E-state index contributed by atoms with van der Waals surface area (Å²) in [6.45, 7) is 8.66. The molecule has 0 saturated carbocycles. The minimum Gasteiger partial charge on any atom is -0.490 e. The maximum atomic E-state index is 12.6. The number of esters is 1. The summed E-state index contributed by atoms with van der Waals surface area (Å²) < 4.78 is 22.2. The van der Waals surface area contributed by atoms with E-state index in [2.05, 4.69) is 5.32 Å². The topological polar surface area (TPSA) is 83.1 Å². The van der Waals surface area contributed by atoms with Crippen LogP contribution >= 0.6 is 11.3 Å². The van der Waals surface area contributed by atoms with Crippen molar-refractivity contribution in [2.45, 2.75) is 40.3 Å². The first-order chi connectivity index (χ1) is 14.0. The molecule has 8 heteroatoms. The van der Waals surface area contributed by atoms with Crippen LogP contribution in [0, 0.1) is 0 Å². The number of hydrogen-bond acceptors (Lipinski definition) is 7. The molecule has 0 aliphatic heterocycles. The van der Waals surface area contributed by atoms with Crippen molar-refractivity contribution in [3.63, 3.8) is 0 Å². The predicted octanol–water partition coefficient (Wildman–Crippen LogP) is 3.81. The summed E-state index contributed by atoms with van der Waals surface area (Å²) in [4.78, 5) is 25.9. The van der Waals surface area contributed by atoms with Crippen molar-refractivity contribution >= 4 is 23.2 Å². The Morgan fingerprint density at radius 3 is 2.17 bits per heavy atom. The van der Waals surface area contributed by atoms with Crippen LogP contribution in [-0.2, 0) is 16.1 Å². The van der Waals surface area contributed by atoms with Crippen molar-refractivity contribution in [3.8, 4) is 17.2 Å². The second-order valence-electron chi connectivity index (χ2n) is 5.95. The molecular formula is C21H27NO6S. The van der Waals surface area contributed by atoms with Gasteiger partial charge in [0.2, 0.25) is 5.75 Å². The Morgan fingerprint density at radius 1 is 1.03 bits per heavy atom. The van der Waals surface area contributed by atoms with Crippen LogP contribution in [0.25, 0.3) is 0 Å². The zero-order chi connectivity index (χ0) is 21.2. The Labute approximate surface area is 174 Å². The first kappa shape index (κ1) is 22.5. The molecule has 0 aliphatic carbocycles. The van der Waals surface area contributed by atoms with E-state index in [0.29, 0.717) is 43.6 Å². The van der Waals surface area contributed by atoms with Crippen molar-refractivity contribution in [1.29, 1.82) is 0 Å². The number of carbonyl (C=O) groups is 2. The lowest BCUT2D eigenvalue weighted by atomic mass is 10.1. The van der Waals surface area contributed by atoms with E-state index in [1.165, 1.54) is 19.1 Å². The highest BCUT2D eigenvalue weighted by Gasteiger charge is 2.23. The second kappa shape index (κ2) is 11.3. The normalized spacial score (nSPS) is 11.4. The Morgan fingerprint density at radius 2 is 1.66 bits per heavy atom. The van der Waals surface area contributed by atoms with Gasteiger partial charge in [0.25, 0.3) is 5.91 Å². The van der Waals surface area contributed by atoms with Gasteiger partial charge in [0.1, 0.15) is 0 Å². The Kier molecular flexibility index (Phi) is 8.79. The van der Waals surface area contributed by atoms with E-state index in [9.17, 15) is 9.59 Å². The number of benzene rings is 1. The molecule has 1 heterocycles. The molecule has 158 valence electrons. The van der Waals surface area contributed by atoms with E-state index >= 15 is 0 Å². The zero-order valence-electron chi connectivity index (χ0n) is 17.2. The molecule has 0 saturated heterocycles. The molecule has 1 unspecified atom stereocenters. The van der Waals surface area contributed by atoms with Crippen LogP contribution in [0.2, 0.25) is 0 Å². The van der Waals surface area contributed by atoms with Crippen molar-refractivity contribution in [2.24, 2.45) is 0 Å². The van der Waals surface area contributed by atoms with Crippen molar-refractivity contribution < 1.29 is 28.5 Å². The number of thiophene rings is 1. The van der Waals surface area contributed by atoms with E-state index in [1.807, 2.05) is 38.3 Å². The summed E-state index contributed by atoms with van der Waals surface area (Å²) in [5, 5.41) is 4.69. The van der Waals surface area contributed by atoms with Gasteiger partial charge in [-0.25, -0.2) is 4.79 Å². The van der Waals surface area contributed by atoms with Gasteiger partial charge in [0.05, 0.1) is 31.9 Å². The van der Waals surface area contributed by atoms with Gasteiger partial charge >= 0.3 is 5.97 Å². The Bertz CT molecular complexity index is 779. The number of rotatable bonds is 11. The first-order valence-electron chi connectivity index (χ1n) is 9.57. The van der Waals surface area contributed by atoms with Crippen LogP contribution in [0.15, 0.2) is 29.6 Å². The molecule has 7 nitrogen and oxygen atoms in total. The van der Waals surface area contributed by atoms with Gasteiger partial charge in [-0.3, -0.25) is 4.79 Å². The molecule has 29 heavy (non-hydrogen) atoms. The fourth-order valence-electron chi connectivity index (χ4n) is 2.52. The molecule has 0 fully saturated rings. The number of ether oxygens (including phenoxy) is 4. The van der Waals surface area contributed by atoms with Crippen LogP contribution in [0.4, 0.5) is 0 Å². The van der Waals surface area contributed by atoms with Gasteiger partial charge in [-0.1, -0.05) is 6.07 Å². The van der Waals surface area contributed by atoms with Crippen LogP contribution in [0.5, 0.6) is 17.2 Å². The highest BCUT2D eigenvalue weighted by Crippen LogP contribution is 2.39. The number of carbonyl (C=O) groups excluding carboxylic acids is 2. The standard InChI is InChI=1S/C21H27NO6S/c1-5-25-17-11-15(12-18(26-6-2)19(17)27-7-3)21(24)28-14(4)20(23)22-13-16-9-8-10-29-16/h8-12,14H,5-7,13H2,1-4H3,(H,22,23). The molecule has 0 spiro atoms. The lowest BCUT2D eigenvalue weighted by Gasteiger charge is -2.18. The maximum Gasteiger partial charge on any atom is 0.339 e. The van der Waals surface area contributed by atoms with E-state index in [4.69, 9.17) is 18.9 Å². The Balaban J connectivity index is 2.12. The Hall–Kier alpha value is -2.74. The average Bonchev–Trinajstić information content (AvgIpc) is 3.22. The quantitative estimate of drug-likeness (QED) is 0.556. The SMILES string of the molecule is CCOc1cc(C(=O)OC(C)C(=O)NCc2cccs2)cc(OCC)c1OCC. The summed E-state index contributed by atoms with van der Waals surface area (Å²) in [5.41, 5.74) is 0.221. The minimum absolute atomic E-state index is 0.221. The lowest BCUT2D eigenvalue weighted by Crippen LogP contribution is -2.35. The lowest BCUT2D eigenvalue weighted by molar-refractivity contribution is -0.129. The van der Waals surface area contributed by atoms with Crippen LogP contribution in [-0.4, -0.2) is 37.8 Å². The van der Waals surface area contributed by atoms with Gasteiger partial charge in [-0.15, -0.1) is 11.3 Å². The first-order valence-corrected chi connectivity index (χ1v) is 10.5. The molecule has 0 radical (unpaired) electrons. The van der Waals surface area contributed by atoms with Gasteiger partial charge < -0.3 is 24.3 Å². The number of hydrogen-bond donors (Lipinski definition) is 1. The third-order valence-corrected chi connectivity index (χ3v) is 4.69. The molecule has 2 rings (SSSR count). The molecule has 0 aliphatic rings. The van der Waals surface area contributed by atoms with Crippen LogP contribution < -0.4 is 19.5 Å². The molecule has 2 aromatic rings. The summed E-state index contributed by atoms with van der Waals surface area (Å²) in [5.74, 6) is 0.208. The fourth-order valence-corrected chi connectivity index (χ4v) is 3.16. The van der Waals surface area contributed by atoms with E-state index in [1.54, 1.807) is 11.3 Å². The monoisotopic (exact) mass is 421 g/mol. The molecule has 1 atom stereocenters. The van der Waals surface area contributed by atoms with E-state index < -0.39 is 12.1 Å². The predicted molar refractivity (Wildman–Crippen MR) is 111 cm³/mol. The molecule has 1 N–H and O–H groups in total. The van der Waals surface area contributed by atoms with Crippen molar-refractivity contribution in [1.82, 2.24) is 5.32 Å². The third kappa shape index (κ3) is 6.39. The highest BCUT2D eigenvalue weighted by molar-refractivity contribution is 7.09. The van der Waals surface area contributed by atoms with Crippen LogP contribution in [0.3, 0.4) is 0 Å². The maximum absolute atomic E-state index is 12.6. The van der Waals surface area contributed by atoms with Gasteiger partial charge in [-0.2, -0.15) is 0 Å².